The number of carbonyl (C=O) groups excluding carboxylic acids is 1. The second-order valence-corrected chi connectivity index (χ2v) is 7.31. The third kappa shape index (κ3) is 5.85. The quantitative estimate of drug-likeness (QED) is 0.771. The van der Waals surface area contributed by atoms with Crippen LogP contribution in [0.5, 0.6) is 0 Å². The lowest BCUT2D eigenvalue weighted by atomic mass is 10.2. The van der Waals surface area contributed by atoms with Gasteiger partial charge in [0.25, 0.3) is 0 Å². The van der Waals surface area contributed by atoms with Crippen LogP contribution in [0.2, 0.25) is 10.0 Å². The molecule has 2 N–H and O–H groups in total. The van der Waals surface area contributed by atoms with Crippen molar-refractivity contribution in [1.29, 1.82) is 5.26 Å². The molecule has 1 aliphatic heterocycles. The first-order valence-corrected chi connectivity index (χ1v) is 9.62. The van der Waals surface area contributed by atoms with Gasteiger partial charge in [-0.2, -0.15) is 5.26 Å². The number of morpholine rings is 1. The average molecular weight is 419 g/mol. The second kappa shape index (κ2) is 9.76. The van der Waals surface area contributed by atoms with Crippen LogP contribution in [0, 0.1) is 11.3 Å². The van der Waals surface area contributed by atoms with E-state index < -0.39 is 0 Å². The van der Waals surface area contributed by atoms with Crippen LogP contribution in [0.15, 0.2) is 42.5 Å². The van der Waals surface area contributed by atoms with E-state index in [0.29, 0.717) is 41.0 Å². The minimum atomic E-state index is -0.310. The summed E-state index contributed by atoms with van der Waals surface area (Å²) >= 11 is 12.0. The number of carbonyl (C=O) groups is 1. The van der Waals surface area contributed by atoms with E-state index in [1.165, 1.54) is 0 Å². The fraction of sp³-hybridized carbons (Fsp3) is 0.300. The first-order valence-electron chi connectivity index (χ1n) is 8.86. The van der Waals surface area contributed by atoms with Gasteiger partial charge >= 0.3 is 6.03 Å². The Balaban J connectivity index is 1.45. The molecule has 1 unspecified atom stereocenters. The summed E-state index contributed by atoms with van der Waals surface area (Å²) in [4.78, 5) is 14.3. The number of hydrogen-bond acceptors (Lipinski definition) is 4. The van der Waals surface area contributed by atoms with Gasteiger partial charge in [0.2, 0.25) is 0 Å². The van der Waals surface area contributed by atoms with E-state index in [2.05, 4.69) is 15.5 Å². The standard InChI is InChI=1S/C20H20Cl2N4O2/c21-18-6-3-15(9-19(18)22)12-26-7-8-28-17(13-26)11-24-20(27)25-16-4-1-14(10-23)2-5-16/h1-6,9,17H,7-8,11-13H2,(H2,24,25,27). The third-order valence-corrected chi connectivity index (χ3v) is 5.11. The van der Waals surface area contributed by atoms with Gasteiger partial charge in [0.15, 0.2) is 0 Å². The Labute approximate surface area is 174 Å². The highest BCUT2D eigenvalue weighted by molar-refractivity contribution is 6.42. The highest BCUT2D eigenvalue weighted by atomic mass is 35.5. The maximum absolute atomic E-state index is 12.1. The van der Waals surface area contributed by atoms with E-state index in [-0.39, 0.29) is 12.1 Å². The maximum Gasteiger partial charge on any atom is 0.319 e. The Kier molecular flexibility index (Phi) is 7.12. The van der Waals surface area contributed by atoms with Crippen LogP contribution in [0.3, 0.4) is 0 Å². The number of benzene rings is 2. The van der Waals surface area contributed by atoms with Gasteiger partial charge in [-0.1, -0.05) is 29.3 Å². The van der Waals surface area contributed by atoms with Crippen LogP contribution in [0.25, 0.3) is 0 Å². The maximum atomic E-state index is 12.1. The highest BCUT2D eigenvalue weighted by Crippen LogP contribution is 2.23. The zero-order valence-corrected chi connectivity index (χ0v) is 16.6. The van der Waals surface area contributed by atoms with Gasteiger partial charge in [-0.05, 0) is 42.0 Å². The minimum Gasteiger partial charge on any atom is -0.374 e. The van der Waals surface area contributed by atoms with Crippen molar-refractivity contribution in [2.45, 2.75) is 12.6 Å². The first kappa shape index (κ1) is 20.4. The Morgan fingerprint density at radius 2 is 2.00 bits per heavy atom. The van der Waals surface area contributed by atoms with E-state index >= 15 is 0 Å². The summed E-state index contributed by atoms with van der Waals surface area (Å²) in [6.07, 6.45) is -0.0942. The zero-order valence-electron chi connectivity index (χ0n) is 15.1. The number of nitrogens with one attached hydrogen (secondary N) is 2. The second-order valence-electron chi connectivity index (χ2n) is 6.50. The fourth-order valence-electron chi connectivity index (χ4n) is 2.95. The molecule has 0 saturated carbocycles. The van der Waals surface area contributed by atoms with Crippen molar-refractivity contribution >= 4 is 34.9 Å². The number of urea groups is 1. The number of nitrogens with zero attached hydrogens (tertiary/aromatic N) is 2. The van der Waals surface area contributed by atoms with E-state index in [9.17, 15) is 4.79 Å². The number of amides is 2. The van der Waals surface area contributed by atoms with Gasteiger partial charge in [0.1, 0.15) is 0 Å². The van der Waals surface area contributed by atoms with E-state index in [1.54, 1.807) is 30.3 Å². The lowest BCUT2D eigenvalue weighted by Crippen LogP contribution is -2.47. The molecule has 28 heavy (non-hydrogen) atoms. The summed E-state index contributed by atoms with van der Waals surface area (Å²) in [5, 5.41) is 15.5. The predicted molar refractivity (Wildman–Crippen MR) is 110 cm³/mol. The van der Waals surface area contributed by atoms with Crippen molar-refractivity contribution in [3.63, 3.8) is 0 Å². The Hall–Kier alpha value is -2.30. The van der Waals surface area contributed by atoms with Crippen LogP contribution >= 0.6 is 23.2 Å². The summed E-state index contributed by atoms with van der Waals surface area (Å²) in [5.41, 5.74) is 2.26. The highest BCUT2D eigenvalue weighted by Gasteiger charge is 2.21. The topological polar surface area (TPSA) is 77.4 Å². The molecule has 2 amide bonds. The van der Waals surface area contributed by atoms with Gasteiger partial charge in [-0.3, -0.25) is 4.90 Å². The molecule has 6 nitrogen and oxygen atoms in total. The molecule has 1 fully saturated rings. The molecule has 2 aromatic carbocycles. The average Bonchev–Trinajstić information content (AvgIpc) is 2.70. The van der Waals surface area contributed by atoms with Crippen LogP contribution < -0.4 is 10.6 Å². The first-order chi connectivity index (χ1) is 13.5. The van der Waals surface area contributed by atoms with E-state index in [0.717, 1.165) is 18.7 Å². The molecule has 3 rings (SSSR count). The lowest BCUT2D eigenvalue weighted by Gasteiger charge is -2.33. The van der Waals surface area contributed by atoms with Crippen molar-refractivity contribution in [1.82, 2.24) is 10.2 Å². The van der Waals surface area contributed by atoms with Gasteiger partial charge < -0.3 is 15.4 Å². The molecule has 0 spiro atoms. The van der Waals surface area contributed by atoms with Crippen LogP contribution in [0.1, 0.15) is 11.1 Å². The van der Waals surface area contributed by atoms with Crippen LogP contribution in [-0.2, 0) is 11.3 Å². The molecule has 1 atom stereocenters. The zero-order chi connectivity index (χ0) is 19.9. The summed E-state index contributed by atoms with van der Waals surface area (Å²) in [6.45, 7) is 3.27. The summed E-state index contributed by atoms with van der Waals surface area (Å²) in [7, 11) is 0. The number of nitriles is 1. The van der Waals surface area contributed by atoms with Crippen molar-refractivity contribution in [2.24, 2.45) is 0 Å². The molecule has 0 aliphatic carbocycles. The molecule has 1 aliphatic rings. The molecule has 0 aromatic heterocycles. The predicted octanol–water partition coefficient (Wildman–Crippen LogP) is 3.89. The monoisotopic (exact) mass is 418 g/mol. The number of halogens is 2. The van der Waals surface area contributed by atoms with Crippen LogP contribution in [-0.4, -0.2) is 43.3 Å². The summed E-state index contributed by atoms with van der Waals surface area (Å²) in [6, 6.07) is 14.0. The Morgan fingerprint density at radius 1 is 1.21 bits per heavy atom. The number of anilines is 1. The van der Waals surface area contributed by atoms with Gasteiger partial charge in [-0.15, -0.1) is 0 Å². The molecule has 2 aromatic rings. The number of hydrogen-bond donors (Lipinski definition) is 2. The molecular weight excluding hydrogens is 399 g/mol. The Bertz CT molecular complexity index is 867. The van der Waals surface area contributed by atoms with Gasteiger partial charge in [0, 0.05) is 31.9 Å². The van der Waals surface area contributed by atoms with Crippen molar-refractivity contribution in [3.8, 4) is 6.07 Å². The fourth-order valence-corrected chi connectivity index (χ4v) is 3.27. The molecule has 1 heterocycles. The Morgan fingerprint density at radius 3 is 2.71 bits per heavy atom. The molecular formula is C20H20Cl2N4O2. The summed E-state index contributed by atoms with van der Waals surface area (Å²) < 4.78 is 5.75. The van der Waals surface area contributed by atoms with Crippen molar-refractivity contribution in [3.05, 3.63) is 63.6 Å². The number of ether oxygens (including phenoxy) is 1. The smallest absolute Gasteiger partial charge is 0.319 e. The summed E-state index contributed by atoms with van der Waals surface area (Å²) in [5.74, 6) is 0. The number of rotatable bonds is 5. The lowest BCUT2D eigenvalue weighted by molar-refractivity contribution is -0.0285. The third-order valence-electron chi connectivity index (χ3n) is 4.38. The SMILES string of the molecule is N#Cc1ccc(NC(=O)NCC2CN(Cc3ccc(Cl)c(Cl)c3)CCO2)cc1. The van der Waals surface area contributed by atoms with Gasteiger partial charge in [0.05, 0.1) is 34.4 Å². The molecule has 0 bridgehead atoms. The molecule has 1 saturated heterocycles. The molecule has 8 heteroatoms. The van der Waals surface area contributed by atoms with Gasteiger partial charge in [-0.25, -0.2) is 4.79 Å². The minimum absolute atomic E-state index is 0.0942. The van der Waals surface area contributed by atoms with Crippen LogP contribution in [0.4, 0.5) is 10.5 Å². The van der Waals surface area contributed by atoms with Crippen molar-refractivity contribution in [2.75, 3.05) is 31.6 Å². The largest absolute Gasteiger partial charge is 0.374 e. The van der Waals surface area contributed by atoms with E-state index in [4.69, 9.17) is 33.2 Å². The normalized spacial score (nSPS) is 17.0. The molecule has 0 radical (unpaired) electrons. The van der Waals surface area contributed by atoms with Crippen molar-refractivity contribution < 1.29 is 9.53 Å². The van der Waals surface area contributed by atoms with E-state index in [1.807, 2.05) is 18.2 Å². The molecule has 146 valence electrons.